The summed E-state index contributed by atoms with van der Waals surface area (Å²) in [6, 6.07) is 1.27. The molecule has 0 radical (unpaired) electrons. The molecule has 0 bridgehead atoms. The van der Waals surface area contributed by atoms with Gasteiger partial charge >= 0.3 is 5.69 Å². The van der Waals surface area contributed by atoms with E-state index in [-0.39, 0.29) is 29.8 Å². The zero-order valence-electron chi connectivity index (χ0n) is 19.8. The molecule has 0 spiro atoms. The van der Waals surface area contributed by atoms with Gasteiger partial charge in [0.25, 0.3) is 5.56 Å². The first kappa shape index (κ1) is 26.0. The predicted octanol–water partition coefficient (Wildman–Crippen LogP) is 3.31. The van der Waals surface area contributed by atoms with Gasteiger partial charge in [-0.3, -0.25) is 14.3 Å². The van der Waals surface area contributed by atoms with Crippen LogP contribution in [0.15, 0.2) is 21.9 Å². The number of nitrogens with zero attached hydrogens (tertiary/aromatic N) is 1. The van der Waals surface area contributed by atoms with E-state index in [4.69, 9.17) is 8.85 Å². The fourth-order valence-corrected chi connectivity index (χ4v) is 4.21. The summed E-state index contributed by atoms with van der Waals surface area (Å²) in [5.74, 6) is 0. The van der Waals surface area contributed by atoms with Gasteiger partial charge in [-0.15, -0.1) is 0 Å². The topological polar surface area (TPSA) is 93.5 Å². The van der Waals surface area contributed by atoms with E-state index in [0.29, 0.717) is 0 Å². The Morgan fingerprint density at radius 3 is 1.69 bits per heavy atom. The second-order valence-electron chi connectivity index (χ2n) is 11.1. The van der Waals surface area contributed by atoms with E-state index in [1.807, 2.05) is 0 Å². The second kappa shape index (κ2) is 8.62. The fraction of sp³-hybridized carbons (Fsp3) is 0.800. The van der Waals surface area contributed by atoms with Gasteiger partial charge in [-0.1, -0.05) is 41.5 Å². The van der Waals surface area contributed by atoms with Crippen molar-refractivity contribution in [3.63, 3.8) is 0 Å². The molecule has 0 saturated carbocycles. The second-order valence-corrected chi connectivity index (χ2v) is 20.7. The number of rotatable bonds is 8. The summed E-state index contributed by atoms with van der Waals surface area (Å²) in [6.45, 7) is 21.4. The molecule has 168 valence electrons. The van der Waals surface area contributed by atoms with E-state index in [1.165, 1.54) is 16.8 Å². The molecule has 0 amide bonds. The zero-order chi connectivity index (χ0) is 22.9. The molecule has 0 fully saturated rings. The first-order valence-corrected chi connectivity index (χ1v) is 15.9. The Labute approximate surface area is 176 Å². The fourth-order valence-electron chi connectivity index (χ4n) is 2.08. The number of hydrogen-bond donors (Lipinski definition) is 2. The van der Waals surface area contributed by atoms with Crippen LogP contribution in [-0.2, 0) is 15.4 Å². The van der Waals surface area contributed by atoms with Crippen LogP contribution in [0.1, 0.15) is 41.5 Å². The van der Waals surface area contributed by atoms with Crippen LogP contribution in [0.5, 0.6) is 0 Å². The third-order valence-corrected chi connectivity index (χ3v) is 15.3. The number of hydrogen-bond acceptors (Lipinski definition) is 5. The quantitative estimate of drug-likeness (QED) is 0.600. The molecule has 0 unspecified atom stereocenters. The SMILES string of the molecule is CC(C)(C)[Si](C)(C)OCC(O)(CO[Si](C)(C)C(C)(C)C)Cn1ccc(=O)[nH]c1=O. The van der Waals surface area contributed by atoms with Crippen LogP contribution in [0.25, 0.3) is 0 Å². The lowest BCUT2D eigenvalue weighted by Crippen LogP contribution is -2.54. The van der Waals surface area contributed by atoms with Gasteiger partial charge in [0.2, 0.25) is 0 Å². The van der Waals surface area contributed by atoms with Crippen molar-refractivity contribution in [1.29, 1.82) is 0 Å². The number of H-pyrrole nitrogens is 1. The van der Waals surface area contributed by atoms with Gasteiger partial charge in [0.15, 0.2) is 16.6 Å². The molecule has 0 aliphatic heterocycles. The average molecular weight is 445 g/mol. The summed E-state index contributed by atoms with van der Waals surface area (Å²) in [5, 5.41) is 11.4. The molecule has 29 heavy (non-hydrogen) atoms. The van der Waals surface area contributed by atoms with Crippen molar-refractivity contribution in [1.82, 2.24) is 9.55 Å². The summed E-state index contributed by atoms with van der Waals surface area (Å²) in [5.41, 5.74) is -2.42. The molecule has 1 rings (SSSR count). The summed E-state index contributed by atoms with van der Waals surface area (Å²) in [6.07, 6.45) is 1.39. The van der Waals surface area contributed by atoms with Crippen molar-refractivity contribution in [2.24, 2.45) is 0 Å². The Balaban J connectivity index is 3.15. The Kier molecular flexibility index (Phi) is 7.74. The lowest BCUT2D eigenvalue weighted by molar-refractivity contribution is -0.0591. The molecule has 7 nitrogen and oxygen atoms in total. The van der Waals surface area contributed by atoms with Crippen LogP contribution < -0.4 is 11.2 Å². The highest BCUT2D eigenvalue weighted by atomic mass is 28.4. The Morgan fingerprint density at radius 2 is 1.34 bits per heavy atom. The lowest BCUT2D eigenvalue weighted by Gasteiger charge is -2.42. The van der Waals surface area contributed by atoms with Crippen LogP contribution in [0.3, 0.4) is 0 Å². The van der Waals surface area contributed by atoms with Gasteiger partial charge in [-0.25, -0.2) is 4.79 Å². The maximum atomic E-state index is 12.2. The number of aliphatic hydroxyl groups is 1. The first-order chi connectivity index (χ1) is 12.8. The lowest BCUT2D eigenvalue weighted by atomic mass is 10.1. The minimum absolute atomic E-state index is 0.0109. The van der Waals surface area contributed by atoms with Gasteiger partial charge in [-0.2, -0.15) is 0 Å². The highest BCUT2D eigenvalue weighted by Gasteiger charge is 2.43. The van der Waals surface area contributed by atoms with Crippen molar-refractivity contribution in [3.05, 3.63) is 33.1 Å². The summed E-state index contributed by atoms with van der Waals surface area (Å²) in [7, 11) is -4.23. The molecule has 0 aromatic carbocycles. The molecule has 9 heteroatoms. The van der Waals surface area contributed by atoms with Crippen molar-refractivity contribution in [3.8, 4) is 0 Å². The largest absolute Gasteiger partial charge is 0.414 e. The van der Waals surface area contributed by atoms with E-state index in [9.17, 15) is 14.7 Å². The molecule has 1 heterocycles. The van der Waals surface area contributed by atoms with Gasteiger partial charge in [0.1, 0.15) is 5.60 Å². The monoisotopic (exact) mass is 444 g/mol. The average Bonchev–Trinajstić information content (AvgIpc) is 2.52. The maximum Gasteiger partial charge on any atom is 0.328 e. The van der Waals surface area contributed by atoms with E-state index in [1.54, 1.807) is 0 Å². The number of aromatic amines is 1. The Bertz CT molecular complexity index is 771. The van der Waals surface area contributed by atoms with Crippen molar-refractivity contribution < 1.29 is 14.0 Å². The van der Waals surface area contributed by atoms with Crippen LogP contribution >= 0.6 is 0 Å². The molecular weight excluding hydrogens is 404 g/mol. The van der Waals surface area contributed by atoms with Crippen LogP contribution in [0.2, 0.25) is 36.3 Å². The number of aromatic nitrogens is 2. The maximum absolute atomic E-state index is 12.2. The third-order valence-electron chi connectivity index (χ3n) is 6.38. The molecule has 0 atom stereocenters. The summed E-state index contributed by atoms with van der Waals surface area (Å²) >= 11 is 0. The minimum Gasteiger partial charge on any atom is -0.414 e. The van der Waals surface area contributed by atoms with Gasteiger partial charge in [0.05, 0.1) is 19.8 Å². The van der Waals surface area contributed by atoms with Gasteiger partial charge in [-0.05, 0) is 36.3 Å². The Morgan fingerprint density at radius 1 is 0.931 bits per heavy atom. The van der Waals surface area contributed by atoms with Crippen LogP contribution in [0, 0.1) is 0 Å². The number of nitrogens with one attached hydrogen (secondary N) is 1. The highest BCUT2D eigenvalue weighted by molar-refractivity contribution is 6.74. The molecular formula is C20H40N2O5Si2. The smallest absolute Gasteiger partial charge is 0.328 e. The molecule has 0 aliphatic carbocycles. The van der Waals surface area contributed by atoms with Crippen molar-refractivity contribution in [2.75, 3.05) is 13.2 Å². The normalized spacial score (nSPS) is 14.3. The molecule has 1 aromatic heterocycles. The van der Waals surface area contributed by atoms with Crippen LogP contribution in [-0.4, -0.2) is 50.1 Å². The summed E-state index contributed by atoms with van der Waals surface area (Å²) < 4.78 is 13.9. The van der Waals surface area contributed by atoms with Crippen molar-refractivity contribution in [2.45, 2.75) is 90.0 Å². The third kappa shape index (κ3) is 7.02. The van der Waals surface area contributed by atoms with Crippen LogP contribution in [0.4, 0.5) is 0 Å². The first-order valence-electron chi connectivity index (χ1n) is 10.1. The molecule has 0 saturated heterocycles. The zero-order valence-corrected chi connectivity index (χ0v) is 21.8. The standard InChI is InChI=1S/C20H40N2O5Si2/c1-18(2,3)28(7,8)26-14-20(25,15-27-29(9,10)19(4,5)6)13-22-12-11-16(23)21-17(22)24/h11-12,25H,13-15H2,1-10H3,(H,21,23,24). The molecule has 0 aliphatic rings. The van der Waals surface area contributed by atoms with E-state index >= 15 is 0 Å². The minimum atomic E-state index is -2.12. The van der Waals surface area contributed by atoms with E-state index in [2.05, 4.69) is 72.7 Å². The van der Waals surface area contributed by atoms with Gasteiger partial charge < -0.3 is 14.0 Å². The highest BCUT2D eigenvalue weighted by Crippen LogP contribution is 2.38. The predicted molar refractivity (Wildman–Crippen MR) is 123 cm³/mol. The summed E-state index contributed by atoms with van der Waals surface area (Å²) in [4.78, 5) is 25.8. The van der Waals surface area contributed by atoms with E-state index in [0.717, 1.165) is 0 Å². The van der Waals surface area contributed by atoms with E-state index < -0.39 is 33.5 Å². The van der Waals surface area contributed by atoms with Gasteiger partial charge in [0, 0.05) is 12.3 Å². The van der Waals surface area contributed by atoms with Crippen molar-refractivity contribution >= 4 is 16.6 Å². The molecule has 2 N–H and O–H groups in total. The molecule has 1 aromatic rings. The Hall–Kier alpha value is -1.01.